The van der Waals surface area contributed by atoms with Gasteiger partial charge in [-0.25, -0.2) is 8.78 Å². The molecule has 0 heterocycles. The molecule has 0 aliphatic carbocycles. The summed E-state index contributed by atoms with van der Waals surface area (Å²) >= 11 is 0. The van der Waals surface area contributed by atoms with Crippen molar-refractivity contribution in [1.29, 1.82) is 0 Å². The zero-order valence-corrected chi connectivity index (χ0v) is 12.5. The van der Waals surface area contributed by atoms with Gasteiger partial charge >= 0.3 is 0 Å². The van der Waals surface area contributed by atoms with Crippen LogP contribution >= 0.6 is 8.15 Å². The normalized spacial score (nSPS) is 10.7. The molecule has 0 unspecified atom stereocenters. The van der Waals surface area contributed by atoms with Crippen molar-refractivity contribution in [3.63, 3.8) is 0 Å². The van der Waals surface area contributed by atoms with Crippen LogP contribution in [0.3, 0.4) is 0 Å². The summed E-state index contributed by atoms with van der Waals surface area (Å²) in [5, 5.41) is 1.40. The van der Waals surface area contributed by atoms with Crippen molar-refractivity contribution >= 4 is 18.8 Å². The first-order valence-corrected chi connectivity index (χ1v) is 8.02. The quantitative estimate of drug-likeness (QED) is 0.649. The van der Waals surface area contributed by atoms with Gasteiger partial charge in [-0.1, -0.05) is 42.5 Å². The molecule has 0 saturated carbocycles. The first kappa shape index (κ1) is 14.7. The minimum atomic E-state index is -1.34. The van der Waals surface area contributed by atoms with E-state index in [4.69, 9.17) is 4.52 Å². The Kier molecular flexibility index (Phi) is 4.45. The number of halogens is 2. The van der Waals surface area contributed by atoms with Crippen LogP contribution in [0.1, 0.15) is 0 Å². The van der Waals surface area contributed by atoms with Crippen LogP contribution in [0.2, 0.25) is 0 Å². The molecule has 0 fully saturated rings. The molecule has 0 bridgehead atoms. The molecular weight excluding hydrogens is 301 g/mol. The Bertz CT molecular complexity index is 716. The summed E-state index contributed by atoms with van der Waals surface area (Å²) in [5.41, 5.74) is 0. The molecule has 0 saturated heterocycles. The van der Waals surface area contributed by atoms with Gasteiger partial charge in [0, 0.05) is 10.6 Å². The molecule has 22 heavy (non-hydrogen) atoms. The molecule has 4 heteroatoms. The van der Waals surface area contributed by atoms with Crippen molar-refractivity contribution in [2.45, 2.75) is 0 Å². The molecule has 0 amide bonds. The Labute approximate surface area is 129 Å². The lowest BCUT2D eigenvalue weighted by molar-refractivity contribution is 0.620. The lowest BCUT2D eigenvalue weighted by Crippen LogP contribution is -2.16. The summed E-state index contributed by atoms with van der Waals surface area (Å²) in [6.07, 6.45) is 0. The lowest BCUT2D eigenvalue weighted by Gasteiger charge is -2.19. The summed E-state index contributed by atoms with van der Waals surface area (Å²) in [6, 6.07) is 21.7. The van der Waals surface area contributed by atoms with Gasteiger partial charge in [0.15, 0.2) is 8.15 Å². The molecule has 3 rings (SSSR count). The van der Waals surface area contributed by atoms with Crippen LogP contribution in [-0.4, -0.2) is 0 Å². The second-order valence-corrected chi connectivity index (χ2v) is 6.46. The number of para-hydroxylation sites is 1. The van der Waals surface area contributed by atoms with Gasteiger partial charge in [-0.3, -0.25) is 0 Å². The molecule has 0 N–H and O–H groups in total. The van der Waals surface area contributed by atoms with E-state index in [1.165, 1.54) is 24.3 Å². The maximum absolute atomic E-state index is 13.5. The van der Waals surface area contributed by atoms with Crippen molar-refractivity contribution in [1.82, 2.24) is 0 Å². The van der Waals surface area contributed by atoms with Crippen LogP contribution < -0.4 is 15.1 Å². The van der Waals surface area contributed by atoms with Gasteiger partial charge in [0.2, 0.25) is 0 Å². The number of benzene rings is 3. The fraction of sp³-hybridized carbons (Fsp3) is 0. The van der Waals surface area contributed by atoms with Crippen molar-refractivity contribution in [2.75, 3.05) is 0 Å². The molecule has 3 aromatic carbocycles. The SMILES string of the molecule is Fc1cccc(P(Oc2ccccc2)c2cccc(F)c2)c1. The standard InChI is InChI=1S/C18H13F2OP/c19-14-6-4-10-17(12-14)22(18-11-5-7-15(20)13-18)21-16-8-2-1-3-9-16/h1-13H. The summed E-state index contributed by atoms with van der Waals surface area (Å²) in [5.74, 6) is -0.00161. The predicted molar refractivity (Wildman–Crippen MR) is 86.1 cm³/mol. The molecule has 3 aromatic rings. The molecule has 1 nitrogen and oxygen atoms in total. The van der Waals surface area contributed by atoms with Crippen LogP contribution in [0.5, 0.6) is 5.75 Å². The highest BCUT2D eigenvalue weighted by Crippen LogP contribution is 2.36. The van der Waals surface area contributed by atoms with E-state index in [0.29, 0.717) is 16.4 Å². The maximum atomic E-state index is 13.5. The second kappa shape index (κ2) is 6.67. The monoisotopic (exact) mass is 314 g/mol. The van der Waals surface area contributed by atoms with Crippen LogP contribution in [0, 0.1) is 11.6 Å². The smallest absolute Gasteiger partial charge is 0.150 e. The van der Waals surface area contributed by atoms with Gasteiger partial charge < -0.3 is 4.52 Å². The highest BCUT2D eigenvalue weighted by atomic mass is 31.1. The molecular formula is C18H13F2OP. The van der Waals surface area contributed by atoms with Crippen molar-refractivity contribution in [3.05, 3.63) is 90.5 Å². The zero-order chi connectivity index (χ0) is 15.4. The highest BCUT2D eigenvalue weighted by molar-refractivity contribution is 7.68. The van der Waals surface area contributed by atoms with Gasteiger partial charge in [-0.05, 0) is 36.4 Å². The van der Waals surface area contributed by atoms with Crippen molar-refractivity contribution in [3.8, 4) is 5.75 Å². The Morgan fingerprint density at radius 2 is 1.18 bits per heavy atom. The topological polar surface area (TPSA) is 9.23 Å². The van der Waals surface area contributed by atoms with Crippen LogP contribution in [0.4, 0.5) is 8.78 Å². The average Bonchev–Trinajstić information content (AvgIpc) is 2.53. The highest BCUT2D eigenvalue weighted by Gasteiger charge is 2.18. The largest absolute Gasteiger partial charge is 0.464 e. The molecule has 0 aliphatic rings. The van der Waals surface area contributed by atoms with E-state index >= 15 is 0 Å². The van der Waals surface area contributed by atoms with Gasteiger partial charge in [0.1, 0.15) is 17.4 Å². The molecule has 0 spiro atoms. The molecule has 0 aliphatic heterocycles. The fourth-order valence-corrected chi connectivity index (χ4v) is 3.81. The minimum Gasteiger partial charge on any atom is -0.464 e. The van der Waals surface area contributed by atoms with Gasteiger partial charge in [0.25, 0.3) is 0 Å². The maximum Gasteiger partial charge on any atom is 0.150 e. The predicted octanol–water partition coefficient (Wildman–Crippen LogP) is 4.39. The van der Waals surface area contributed by atoms with E-state index in [9.17, 15) is 8.78 Å². The van der Waals surface area contributed by atoms with E-state index in [2.05, 4.69) is 0 Å². The average molecular weight is 314 g/mol. The van der Waals surface area contributed by atoms with E-state index in [0.717, 1.165) is 0 Å². The Morgan fingerprint density at radius 1 is 0.636 bits per heavy atom. The zero-order valence-electron chi connectivity index (χ0n) is 11.6. The van der Waals surface area contributed by atoms with Crippen LogP contribution in [-0.2, 0) is 0 Å². The molecule has 0 radical (unpaired) electrons. The third kappa shape index (κ3) is 3.49. The number of hydrogen-bond acceptors (Lipinski definition) is 1. The number of rotatable bonds is 4. The lowest BCUT2D eigenvalue weighted by atomic mass is 10.3. The first-order chi connectivity index (χ1) is 10.7. The molecule has 110 valence electrons. The van der Waals surface area contributed by atoms with E-state index in [-0.39, 0.29) is 11.6 Å². The Hall–Kier alpha value is -2.25. The van der Waals surface area contributed by atoms with Gasteiger partial charge in [0.05, 0.1) is 0 Å². The van der Waals surface area contributed by atoms with Gasteiger partial charge in [-0.2, -0.15) is 0 Å². The summed E-state index contributed by atoms with van der Waals surface area (Å²) in [4.78, 5) is 0. The minimum absolute atomic E-state index is 0.335. The van der Waals surface area contributed by atoms with Crippen LogP contribution in [0.25, 0.3) is 0 Å². The van der Waals surface area contributed by atoms with Crippen molar-refractivity contribution < 1.29 is 13.3 Å². The first-order valence-electron chi connectivity index (χ1n) is 6.77. The second-order valence-electron chi connectivity index (χ2n) is 4.66. The molecule has 0 aromatic heterocycles. The summed E-state index contributed by atoms with van der Waals surface area (Å²) in [6.45, 7) is 0. The summed E-state index contributed by atoms with van der Waals surface area (Å²) in [7, 11) is -1.34. The van der Waals surface area contributed by atoms with Crippen molar-refractivity contribution in [2.24, 2.45) is 0 Å². The third-order valence-electron chi connectivity index (χ3n) is 3.03. The molecule has 0 atom stereocenters. The number of hydrogen-bond donors (Lipinski definition) is 0. The van der Waals surface area contributed by atoms with Crippen LogP contribution in [0.15, 0.2) is 78.9 Å². The Balaban J connectivity index is 2.02. The third-order valence-corrected chi connectivity index (χ3v) is 4.91. The Morgan fingerprint density at radius 3 is 1.68 bits per heavy atom. The fourth-order valence-electron chi connectivity index (χ4n) is 2.05. The summed E-state index contributed by atoms with van der Waals surface area (Å²) < 4.78 is 33.1. The van der Waals surface area contributed by atoms with E-state index in [1.54, 1.807) is 24.3 Å². The van der Waals surface area contributed by atoms with E-state index in [1.807, 2.05) is 30.3 Å². The van der Waals surface area contributed by atoms with Gasteiger partial charge in [-0.15, -0.1) is 0 Å². The van der Waals surface area contributed by atoms with E-state index < -0.39 is 8.15 Å².